The Morgan fingerprint density at radius 2 is 1.89 bits per heavy atom. The van der Waals surface area contributed by atoms with Gasteiger partial charge in [-0.25, -0.2) is 0 Å². The lowest BCUT2D eigenvalue weighted by molar-refractivity contribution is 0.0513. The van der Waals surface area contributed by atoms with Crippen molar-refractivity contribution in [2.75, 3.05) is 6.54 Å². The van der Waals surface area contributed by atoms with Gasteiger partial charge in [0.1, 0.15) is 0 Å². The Morgan fingerprint density at radius 1 is 1.07 bits per heavy atom. The van der Waals surface area contributed by atoms with Crippen molar-refractivity contribution < 1.29 is 4.79 Å². The lowest BCUT2D eigenvalue weighted by Crippen LogP contribution is -2.45. The Balaban J connectivity index is 1.52. The molecule has 28 heavy (non-hydrogen) atoms. The van der Waals surface area contributed by atoms with Crippen LogP contribution in [0.5, 0.6) is 0 Å². The third kappa shape index (κ3) is 3.97. The lowest BCUT2D eigenvalue weighted by atomic mass is 9.84. The Morgan fingerprint density at radius 3 is 2.79 bits per heavy atom. The highest BCUT2D eigenvalue weighted by molar-refractivity contribution is 6.34. The summed E-state index contributed by atoms with van der Waals surface area (Å²) in [5.41, 5.74) is 4.07. The molecule has 0 bridgehead atoms. The van der Waals surface area contributed by atoms with Gasteiger partial charge in [0.2, 0.25) is 0 Å². The molecule has 2 saturated heterocycles. The SMILES string of the molecule is Cc1cccc(C(=O)NCc2ccccc2C2CCCC3CCCCN32)c1Cl. The summed E-state index contributed by atoms with van der Waals surface area (Å²) in [6.45, 7) is 3.66. The first-order valence-corrected chi connectivity index (χ1v) is 10.9. The van der Waals surface area contributed by atoms with Crippen LogP contribution in [0, 0.1) is 6.92 Å². The van der Waals surface area contributed by atoms with Gasteiger partial charge in [-0.1, -0.05) is 54.4 Å². The number of benzene rings is 2. The zero-order valence-electron chi connectivity index (χ0n) is 16.6. The number of rotatable bonds is 4. The maximum Gasteiger partial charge on any atom is 0.253 e. The van der Waals surface area contributed by atoms with Crippen LogP contribution in [0.15, 0.2) is 42.5 Å². The number of halogens is 1. The molecule has 2 aliphatic rings. The summed E-state index contributed by atoms with van der Waals surface area (Å²) in [5, 5.41) is 3.63. The molecular weight excluding hydrogens is 368 g/mol. The summed E-state index contributed by atoms with van der Waals surface area (Å²) < 4.78 is 0. The Labute approximate surface area is 173 Å². The van der Waals surface area contributed by atoms with Gasteiger partial charge in [0.15, 0.2) is 0 Å². The third-order valence-corrected chi connectivity index (χ3v) is 6.88. The molecule has 4 heteroatoms. The molecule has 3 nitrogen and oxygen atoms in total. The van der Waals surface area contributed by atoms with Crippen molar-refractivity contribution in [3.63, 3.8) is 0 Å². The highest BCUT2D eigenvalue weighted by atomic mass is 35.5. The highest BCUT2D eigenvalue weighted by Gasteiger charge is 2.33. The maximum atomic E-state index is 12.7. The molecule has 2 aliphatic heterocycles. The molecular formula is C24H29ClN2O. The van der Waals surface area contributed by atoms with Crippen LogP contribution in [0.25, 0.3) is 0 Å². The van der Waals surface area contributed by atoms with Crippen molar-refractivity contribution in [1.29, 1.82) is 0 Å². The number of hydrogen-bond donors (Lipinski definition) is 1. The molecule has 0 aromatic heterocycles. The van der Waals surface area contributed by atoms with Gasteiger partial charge in [-0.15, -0.1) is 0 Å². The van der Waals surface area contributed by atoms with Crippen molar-refractivity contribution in [2.45, 2.75) is 64.1 Å². The number of carbonyl (C=O) groups excluding carboxylic acids is 1. The van der Waals surface area contributed by atoms with E-state index in [9.17, 15) is 4.79 Å². The van der Waals surface area contributed by atoms with Crippen molar-refractivity contribution in [3.05, 3.63) is 69.7 Å². The average Bonchev–Trinajstić information content (AvgIpc) is 2.74. The zero-order chi connectivity index (χ0) is 19.5. The van der Waals surface area contributed by atoms with Crippen LogP contribution in [0.2, 0.25) is 5.02 Å². The molecule has 0 aliphatic carbocycles. The fraction of sp³-hybridized carbons (Fsp3) is 0.458. The van der Waals surface area contributed by atoms with Gasteiger partial charge in [0.05, 0.1) is 10.6 Å². The smallest absolute Gasteiger partial charge is 0.253 e. The first-order valence-electron chi connectivity index (χ1n) is 10.5. The van der Waals surface area contributed by atoms with E-state index in [1.54, 1.807) is 6.07 Å². The van der Waals surface area contributed by atoms with E-state index in [0.29, 0.717) is 23.2 Å². The molecule has 1 N–H and O–H groups in total. The molecule has 1 amide bonds. The number of hydrogen-bond acceptors (Lipinski definition) is 2. The van der Waals surface area contributed by atoms with Crippen molar-refractivity contribution >= 4 is 17.5 Å². The first kappa shape index (κ1) is 19.5. The monoisotopic (exact) mass is 396 g/mol. The van der Waals surface area contributed by atoms with Crippen LogP contribution in [0.1, 0.15) is 71.6 Å². The Kier molecular flexibility index (Phi) is 6.03. The van der Waals surface area contributed by atoms with Gasteiger partial charge >= 0.3 is 0 Å². The lowest BCUT2D eigenvalue weighted by Gasteiger charge is -2.45. The maximum absolute atomic E-state index is 12.7. The molecule has 2 aromatic rings. The molecule has 4 rings (SSSR count). The van der Waals surface area contributed by atoms with Crippen molar-refractivity contribution in [3.8, 4) is 0 Å². The molecule has 2 fully saturated rings. The van der Waals surface area contributed by atoms with Crippen molar-refractivity contribution in [2.24, 2.45) is 0 Å². The summed E-state index contributed by atoms with van der Waals surface area (Å²) in [6.07, 6.45) is 7.85. The molecule has 2 aromatic carbocycles. The van der Waals surface area contributed by atoms with Crippen LogP contribution in [-0.2, 0) is 6.54 Å². The summed E-state index contributed by atoms with van der Waals surface area (Å²) in [5.74, 6) is -0.108. The van der Waals surface area contributed by atoms with E-state index in [1.807, 2.05) is 19.1 Å². The Bertz CT molecular complexity index is 848. The number of piperidine rings is 2. The number of aryl methyl sites for hydroxylation is 1. The number of fused-ring (bicyclic) bond motifs is 1. The highest BCUT2D eigenvalue weighted by Crippen LogP contribution is 2.39. The van der Waals surface area contributed by atoms with E-state index in [1.165, 1.54) is 56.2 Å². The molecule has 148 valence electrons. The number of nitrogens with one attached hydrogen (secondary N) is 1. The quantitative estimate of drug-likeness (QED) is 0.723. The van der Waals surface area contributed by atoms with E-state index >= 15 is 0 Å². The van der Waals surface area contributed by atoms with Gasteiger partial charge in [-0.2, -0.15) is 0 Å². The molecule has 0 spiro atoms. The zero-order valence-corrected chi connectivity index (χ0v) is 17.3. The minimum atomic E-state index is -0.108. The first-order chi connectivity index (χ1) is 13.6. The fourth-order valence-corrected chi connectivity index (χ4v) is 5.12. The normalized spacial score (nSPS) is 22.5. The van der Waals surface area contributed by atoms with E-state index in [4.69, 9.17) is 11.6 Å². The van der Waals surface area contributed by atoms with E-state index in [-0.39, 0.29) is 5.91 Å². The number of nitrogens with zero attached hydrogens (tertiary/aromatic N) is 1. The second-order valence-corrected chi connectivity index (χ2v) is 8.53. The fourth-order valence-electron chi connectivity index (χ4n) is 4.90. The van der Waals surface area contributed by atoms with Gasteiger partial charge in [-0.05, 0) is 68.3 Å². The van der Waals surface area contributed by atoms with Crippen LogP contribution < -0.4 is 5.32 Å². The average molecular weight is 397 g/mol. The third-order valence-electron chi connectivity index (χ3n) is 6.38. The summed E-state index contributed by atoms with van der Waals surface area (Å²) in [6, 6.07) is 15.4. The van der Waals surface area contributed by atoms with E-state index in [2.05, 4.69) is 34.5 Å². The molecule has 2 unspecified atom stereocenters. The minimum absolute atomic E-state index is 0.108. The predicted molar refractivity (Wildman–Crippen MR) is 115 cm³/mol. The summed E-state index contributed by atoms with van der Waals surface area (Å²) in [4.78, 5) is 15.4. The van der Waals surface area contributed by atoms with Gasteiger partial charge in [0.25, 0.3) is 5.91 Å². The second-order valence-electron chi connectivity index (χ2n) is 8.15. The van der Waals surface area contributed by atoms with Crippen molar-refractivity contribution in [1.82, 2.24) is 10.2 Å². The summed E-state index contributed by atoms with van der Waals surface area (Å²) in [7, 11) is 0. The molecule has 0 radical (unpaired) electrons. The van der Waals surface area contributed by atoms with Gasteiger partial charge in [0, 0.05) is 18.6 Å². The van der Waals surface area contributed by atoms with Crippen LogP contribution in [0.3, 0.4) is 0 Å². The number of amides is 1. The predicted octanol–water partition coefficient (Wildman–Crippen LogP) is 5.66. The Hall–Kier alpha value is -1.84. The summed E-state index contributed by atoms with van der Waals surface area (Å²) >= 11 is 6.33. The number of carbonyl (C=O) groups is 1. The van der Waals surface area contributed by atoms with Crippen LogP contribution in [0.4, 0.5) is 0 Å². The molecule has 0 saturated carbocycles. The largest absolute Gasteiger partial charge is 0.348 e. The molecule has 2 heterocycles. The molecule has 2 atom stereocenters. The standard InChI is InChI=1S/C24H29ClN2O/c1-17-8-6-13-21(23(17)25)24(28)26-16-18-9-2-3-12-20(18)22-14-7-11-19-10-4-5-15-27(19)22/h2-3,6,8-9,12-13,19,22H,4-5,7,10-11,14-16H2,1H3,(H,26,28). The minimum Gasteiger partial charge on any atom is -0.348 e. The van der Waals surface area contributed by atoms with E-state index < -0.39 is 0 Å². The van der Waals surface area contributed by atoms with Crippen LogP contribution >= 0.6 is 11.6 Å². The van der Waals surface area contributed by atoms with Crippen LogP contribution in [-0.4, -0.2) is 23.4 Å². The second kappa shape index (κ2) is 8.67. The topological polar surface area (TPSA) is 32.3 Å². The van der Waals surface area contributed by atoms with Gasteiger partial charge < -0.3 is 5.32 Å². The van der Waals surface area contributed by atoms with Gasteiger partial charge in [-0.3, -0.25) is 9.69 Å². The van der Waals surface area contributed by atoms with E-state index in [0.717, 1.165) is 11.6 Å².